The third kappa shape index (κ3) is 3.80. The molecule has 0 aromatic heterocycles. The zero-order valence-corrected chi connectivity index (χ0v) is 10.6. The van der Waals surface area contributed by atoms with Gasteiger partial charge in [-0.05, 0) is 30.0 Å². The number of esters is 1. The highest BCUT2D eigenvalue weighted by molar-refractivity contribution is 6.15. The predicted molar refractivity (Wildman–Crippen MR) is 69.2 cm³/mol. The fraction of sp³-hybridized carbons (Fsp3) is 0.357. The fourth-order valence-corrected chi connectivity index (χ4v) is 1.30. The summed E-state index contributed by atoms with van der Waals surface area (Å²) in [5, 5.41) is 18.5. The van der Waals surface area contributed by atoms with Gasteiger partial charge in [0.2, 0.25) is 0 Å². The molecule has 0 aliphatic rings. The molecule has 0 saturated carbocycles. The van der Waals surface area contributed by atoms with Gasteiger partial charge in [0, 0.05) is 0 Å². The first kappa shape index (κ1) is 14.1. The fourth-order valence-electron chi connectivity index (χ4n) is 1.30. The van der Waals surface area contributed by atoms with Gasteiger partial charge in [-0.25, -0.2) is 4.79 Å². The maximum Gasteiger partial charge on any atom is 0.338 e. The van der Waals surface area contributed by atoms with Crippen LogP contribution in [0.2, 0.25) is 0 Å². The van der Waals surface area contributed by atoms with Gasteiger partial charge in [-0.2, -0.15) is 0 Å². The van der Waals surface area contributed by atoms with Crippen molar-refractivity contribution in [2.45, 2.75) is 20.3 Å². The molecule has 0 unspecified atom stereocenters. The Morgan fingerprint density at radius 1 is 1.33 bits per heavy atom. The Bertz CT molecular complexity index is 449. The minimum atomic E-state index is -0.513. The van der Waals surface area contributed by atoms with Gasteiger partial charge in [0.05, 0.1) is 12.2 Å². The second-order valence-electron chi connectivity index (χ2n) is 4.50. The second-order valence-corrected chi connectivity index (χ2v) is 4.50. The van der Waals surface area contributed by atoms with Gasteiger partial charge in [-0.1, -0.05) is 26.5 Å². The molecule has 0 heterocycles. The van der Waals surface area contributed by atoms with E-state index in [9.17, 15) is 15.0 Å². The number of hydrogen-bond donors (Lipinski definition) is 2. The number of phenolic OH excluding ortho intramolecular Hbond substituents is 2. The summed E-state index contributed by atoms with van der Waals surface area (Å²) in [5.41, 5.74) is 0.592. The molecule has 1 rings (SSSR count). The molecule has 1 aromatic rings. The predicted octanol–water partition coefficient (Wildman–Crippen LogP) is 2.70. The molecule has 98 valence electrons. The maximum atomic E-state index is 11.7. The quantitative estimate of drug-likeness (QED) is 0.479. The summed E-state index contributed by atoms with van der Waals surface area (Å²) in [6.45, 7) is 8.06. The van der Waals surface area contributed by atoms with Gasteiger partial charge >= 0.3 is 5.97 Å². The summed E-state index contributed by atoms with van der Waals surface area (Å²) in [6, 6.07) is 4.08. The van der Waals surface area contributed by atoms with E-state index in [0.29, 0.717) is 18.1 Å². The molecule has 0 spiro atoms. The van der Waals surface area contributed by atoms with Crippen LogP contribution in [0.15, 0.2) is 24.8 Å². The average Bonchev–Trinajstić information content (AvgIpc) is 2.31. The van der Waals surface area contributed by atoms with Gasteiger partial charge in [-0.3, -0.25) is 0 Å². The zero-order chi connectivity index (χ0) is 13.7. The summed E-state index contributed by atoms with van der Waals surface area (Å²) in [5.74, 6) is -0.576. The van der Waals surface area contributed by atoms with E-state index < -0.39 is 5.97 Å². The smallest absolute Gasteiger partial charge is 0.338 e. The van der Waals surface area contributed by atoms with Gasteiger partial charge in [0.15, 0.2) is 11.5 Å². The monoisotopic (exact) mass is 250 g/mol. The molecule has 0 fully saturated rings. The molecule has 4 heteroatoms. The number of hydrogen-bond acceptors (Lipinski definition) is 4. The standard InChI is InChI=1S/C14H18O4/c1-9(2)6-7-18-14(17)10(3)11-4-5-12(15)13(16)8-11/h4-5,8-9,15-16H,3,6-7H2,1-2H3. The topological polar surface area (TPSA) is 66.8 Å². The summed E-state index contributed by atoms with van der Waals surface area (Å²) in [7, 11) is 0. The molecule has 0 aliphatic carbocycles. The van der Waals surface area contributed by atoms with Crippen LogP contribution in [0.4, 0.5) is 0 Å². The molecule has 2 N–H and O–H groups in total. The van der Waals surface area contributed by atoms with E-state index in [1.54, 1.807) is 0 Å². The lowest BCUT2D eigenvalue weighted by Gasteiger charge is -2.09. The van der Waals surface area contributed by atoms with E-state index in [2.05, 4.69) is 6.58 Å². The molecule has 18 heavy (non-hydrogen) atoms. The Labute approximate surface area is 107 Å². The molecule has 0 saturated heterocycles. The highest BCUT2D eigenvalue weighted by Gasteiger charge is 2.12. The van der Waals surface area contributed by atoms with Gasteiger partial charge in [-0.15, -0.1) is 0 Å². The van der Waals surface area contributed by atoms with Crippen molar-refractivity contribution in [3.8, 4) is 11.5 Å². The Hall–Kier alpha value is -1.97. The third-order valence-corrected chi connectivity index (χ3v) is 2.50. The van der Waals surface area contributed by atoms with Crippen LogP contribution in [0.25, 0.3) is 5.57 Å². The first-order valence-corrected chi connectivity index (χ1v) is 5.80. The Kier molecular flexibility index (Phi) is 4.77. The van der Waals surface area contributed by atoms with Gasteiger partial charge in [0.25, 0.3) is 0 Å². The number of rotatable bonds is 5. The molecule has 0 atom stereocenters. The molecule has 0 amide bonds. The minimum absolute atomic E-state index is 0.161. The van der Waals surface area contributed by atoms with E-state index in [1.807, 2.05) is 13.8 Å². The lowest BCUT2D eigenvalue weighted by atomic mass is 10.1. The molecule has 0 radical (unpaired) electrons. The SMILES string of the molecule is C=C(C(=O)OCCC(C)C)c1ccc(O)c(O)c1. The van der Waals surface area contributed by atoms with Crippen LogP contribution in [-0.4, -0.2) is 22.8 Å². The van der Waals surface area contributed by atoms with Crippen molar-refractivity contribution in [2.75, 3.05) is 6.61 Å². The lowest BCUT2D eigenvalue weighted by molar-refractivity contribution is -0.136. The Morgan fingerprint density at radius 2 is 2.00 bits per heavy atom. The number of phenols is 2. The van der Waals surface area contributed by atoms with Crippen molar-refractivity contribution >= 4 is 11.5 Å². The minimum Gasteiger partial charge on any atom is -0.504 e. The van der Waals surface area contributed by atoms with Crippen LogP contribution in [0.1, 0.15) is 25.8 Å². The molecule has 1 aromatic carbocycles. The number of carbonyl (C=O) groups is 1. The van der Waals surface area contributed by atoms with Crippen molar-refractivity contribution in [2.24, 2.45) is 5.92 Å². The van der Waals surface area contributed by atoms with Crippen LogP contribution in [-0.2, 0) is 9.53 Å². The lowest BCUT2D eigenvalue weighted by Crippen LogP contribution is -2.09. The van der Waals surface area contributed by atoms with Crippen LogP contribution >= 0.6 is 0 Å². The Morgan fingerprint density at radius 3 is 2.56 bits per heavy atom. The van der Waals surface area contributed by atoms with Crippen molar-refractivity contribution in [3.05, 3.63) is 30.3 Å². The van der Waals surface area contributed by atoms with Crippen molar-refractivity contribution < 1.29 is 19.7 Å². The molecular weight excluding hydrogens is 232 g/mol. The van der Waals surface area contributed by atoms with E-state index in [0.717, 1.165) is 6.42 Å². The zero-order valence-electron chi connectivity index (χ0n) is 10.6. The van der Waals surface area contributed by atoms with Crippen LogP contribution in [0, 0.1) is 5.92 Å². The maximum absolute atomic E-state index is 11.7. The van der Waals surface area contributed by atoms with E-state index in [1.165, 1.54) is 18.2 Å². The summed E-state index contributed by atoms with van der Waals surface area (Å²) < 4.78 is 5.06. The van der Waals surface area contributed by atoms with E-state index in [-0.39, 0.29) is 17.1 Å². The highest BCUT2D eigenvalue weighted by Crippen LogP contribution is 2.28. The summed E-state index contributed by atoms with van der Waals surface area (Å²) in [6.07, 6.45) is 0.792. The molecule has 0 bridgehead atoms. The average molecular weight is 250 g/mol. The van der Waals surface area contributed by atoms with Crippen LogP contribution in [0.5, 0.6) is 11.5 Å². The van der Waals surface area contributed by atoms with Gasteiger partial charge in [0.1, 0.15) is 0 Å². The molecule has 4 nitrogen and oxygen atoms in total. The largest absolute Gasteiger partial charge is 0.504 e. The third-order valence-electron chi connectivity index (χ3n) is 2.50. The summed E-state index contributed by atoms with van der Waals surface area (Å²) >= 11 is 0. The first-order chi connectivity index (χ1) is 8.41. The van der Waals surface area contributed by atoms with Crippen molar-refractivity contribution in [3.63, 3.8) is 0 Å². The second kappa shape index (κ2) is 6.10. The highest BCUT2D eigenvalue weighted by atomic mass is 16.5. The summed E-state index contributed by atoms with van der Waals surface area (Å²) in [4.78, 5) is 11.7. The number of ether oxygens (including phenoxy) is 1. The van der Waals surface area contributed by atoms with E-state index in [4.69, 9.17) is 4.74 Å². The number of aromatic hydroxyl groups is 2. The first-order valence-electron chi connectivity index (χ1n) is 5.80. The molecular formula is C14H18O4. The molecule has 0 aliphatic heterocycles. The number of benzene rings is 1. The van der Waals surface area contributed by atoms with Crippen molar-refractivity contribution in [1.82, 2.24) is 0 Å². The van der Waals surface area contributed by atoms with Gasteiger partial charge < -0.3 is 14.9 Å². The normalized spacial score (nSPS) is 10.4. The number of carbonyl (C=O) groups excluding carboxylic acids is 1. The van der Waals surface area contributed by atoms with Crippen LogP contribution in [0.3, 0.4) is 0 Å². The Balaban J connectivity index is 2.63. The van der Waals surface area contributed by atoms with Crippen molar-refractivity contribution in [1.29, 1.82) is 0 Å². The van der Waals surface area contributed by atoms with E-state index >= 15 is 0 Å². The van der Waals surface area contributed by atoms with Crippen LogP contribution < -0.4 is 0 Å².